The maximum Gasteiger partial charge on any atom is 0.348 e. The van der Waals surface area contributed by atoms with E-state index >= 15 is 0 Å². The van der Waals surface area contributed by atoms with Crippen LogP contribution in [-0.2, 0) is 11.3 Å². The van der Waals surface area contributed by atoms with Crippen LogP contribution in [0.3, 0.4) is 0 Å². The molecule has 0 radical (unpaired) electrons. The van der Waals surface area contributed by atoms with E-state index in [1.807, 2.05) is 53.3 Å². The summed E-state index contributed by atoms with van der Waals surface area (Å²) in [6, 6.07) is 17.7. The van der Waals surface area contributed by atoms with E-state index < -0.39 is 0 Å². The number of fused-ring (bicyclic) bond motifs is 1. The Kier molecular flexibility index (Phi) is 4.03. The maximum absolute atomic E-state index is 11.6. The number of hydrogen-bond acceptors (Lipinski definition) is 5. The van der Waals surface area contributed by atoms with E-state index in [1.54, 1.807) is 6.07 Å². The first-order valence-corrected chi connectivity index (χ1v) is 8.61. The molecule has 0 saturated carbocycles. The summed E-state index contributed by atoms with van der Waals surface area (Å²) in [7, 11) is 1.38. The molecule has 124 valence electrons. The Bertz CT molecular complexity index is 1050. The average Bonchev–Trinajstić information content (AvgIpc) is 3.30. The number of esters is 1. The quantitative estimate of drug-likeness (QED) is 0.523. The number of ether oxygens (including phenoxy) is 1. The number of rotatable bonds is 4. The van der Waals surface area contributed by atoms with Gasteiger partial charge in [-0.1, -0.05) is 24.3 Å². The van der Waals surface area contributed by atoms with Gasteiger partial charge >= 0.3 is 5.97 Å². The van der Waals surface area contributed by atoms with Gasteiger partial charge in [-0.25, -0.2) is 4.79 Å². The molecular weight excluding hydrogens is 334 g/mol. The fourth-order valence-corrected chi connectivity index (χ4v) is 3.52. The van der Waals surface area contributed by atoms with Gasteiger partial charge in [0.15, 0.2) is 0 Å². The molecule has 0 bridgehead atoms. The van der Waals surface area contributed by atoms with Gasteiger partial charge in [0.2, 0.25) is 0 Å². The Balaban J connectivity index is 1.56. The summed E-state index contributed by atoms with van der Waals surface area (Å²) in [6.07, 6.45) is 1.92. The minimum absolute atomic E-state index is 0.323. The summed E-state index contributed by atoms with van der Waals surface area (Å²) < 4.78 is 6.59. The first-order valence-electron chi connectivity index (χ1n) is 7.79. The monoisotopic (exact) mass is 349 g/mol. The topological polar surface area (TPSA) is 57.0 Å². The van der Waals surface area contributed by atoms with Gasteiger partial charge in [0.1, 0.15) is 10.6 Å². The number of aromatic nitrogens is 3. The molecule has 0 saturated heterocycles. The molecule has 0 N–H and O–H groups in total. The molecule has 4 rings (SSSR count). The normalized spacial score (nSPS) is 10.9. The molecule has 6 heteroatoms. The summed E-state index contributed by atoms with van der Waals surface area (Å²) in [5.41, 5.74) is 2.77. The molecule has 3 aromatic heterocycles. The summed E-state index contributed by atoms with van der Waals surface area (Å²) in [5.74, 6) is -0.323. The first-order chi connectivity index (χ1) is 12.2. The maximum atomic E-state index is 11.6. The van der Waals surface area contributed by atoms with Gasteiger partial charge in [0.25, 0.3) is 0 Å². The number of methoxy groups -OCH3 is 1. The average molecular weight is 349 g/mol. The highest BCUT2D eigenvalue weighted by Gasteiger charge is 2.12. The number of carbonyl (C=O) groups is 1. The van der Waals surface area contributed by atoms with Gasteiger partial charge in [-0.3, -0.25) is 9.67 Å². The zero-order valence-electron chi connectivity index (χ0n) is 13.5. The Morgan fingerprint density at radius 3 is 2.88 bits per heavy atom. The SMILES string of the molecule is COC(=O)c1ccc(-c2ccn(Cc3ccc4ccccc4n3)n2)s1. The third-order valence-corrected chi connectivity index (χ3v) is 4.95. The van der Waals surface area contributed by atoms with Crippen molar-refractivity contribution in [3.63, 3.8) is 0 Å². The molecule has 4 aromatic rings. The third-order valence-electron chi connectivity index (χ3n) is 3.87. The molecule has 0 aliphatic rings. The molecule has 25 heavy (non-hydrogen) atoms. The second kappa shape index (κ2) is 6.49. The molecule has 0 aliphatic heterocycles. The number of hydrogen-bond donors (Lipinski definition) is 0. The fourth-order valence-electron chi connectivity index (χ4n) is 2.63. The lowest BCUT2D eigenvalue weighted by atomic mass is 10.2. The van der Waals surface area contributed by atoms with Gasteiger partial charge in [0.05, 0.1) is 29.7 Å². The Morgan fingerprint density at radius 2 is 2.00 bits per heavy atom. The van der Waals surface area contributed by atoms with Crippen LogP contribution in [0.2, 0.25) is 0 Å². The third kappa shape index (κ3) is 3.16. The van der Waals surface area contributed by atoms with Gasteiger partial charge < -0.3 is 4.74 Å². The van der Waals surface area contributed by atoms with E-state index in [2.05, 4.69) is 16.1 Å². The molecule has 0 unspecified atom stereocenters. The van der Waals surface area contributed by atoms with E-state index in [4.69, 9.17) is 4.74 Å². The number of thiophene rings is 1. The van der Waals surface area contributed by atoms with Crippen LogP contribution in [0.25, 0.3) is 21.5 Å². The zero-order valence-corrected chi connectivity index (χ0v) is 14.4. The number of para-hydroxylation sites is 1. The second-order valence-corrected chi connectivity index (χ2v) is 6.63. The van der Waals surface area contributed by atoms with Crippen LogP contribution in [0.1, 0.15) is 15.4 Å². The number of benzene rings is 1. The van der Waals surface area contributed by atoms with Crippen LogP contribution in [0.15, 0.2) is 60.8 Å². The molecule has 3 heterocycles. The van der Waals surface area contributed by atoms with E-state index in [9.17, 15) is 4.79 Å². The van der Waals surface area contributed by atoms with Crippen LogP contribution in [0.4, 0.5) is 0 Å². The van der Waals surface area contributed by atoms with Crippen LogP contribution >= 0.6 is 11.3 Å². The predicted molar refractivity (Wildman–Crippen MR) is 97.7 cm³/mol. The summed E-state index contributed by atoms with van der Waals surface area (Å²) in [5, 5.41) is 5.72. The minimum Gasteiger partial charge on any atom is -0.465 e. The fraction of sp³-hybridized carbons (Fsp3) is 0.105. The Morgan fingerprint density at radius 1 is 1.12 bits per heavy atom. The molecule has 0 amide bonds. The van der Waals surface area contributed by atoms with Crippen LogP contribution in [-0.4, -0.2) is 27.8 Å². The van der Waals surface area contributed by atoms with E-state index in [0.717, 1.165) is 27.2 Å². The molecule has 0 fully saturated rings. The van der Waals surface area contributed by atoms with Crippen LogP contribution in [0, 0.1) is 0 Å². The predicted octanol–water partition coefficient (Wildman–Crippen LogP) is 3.99. The van der Waals surface area contributed by atoms with Crippen molar-refractivity contribution in [3.05, 3.63) is 71.4 Å². The zero-order chi connectivity index (χ0) is 17.2. The lowest BCUT2D eigenvalue weighted by Crippen LogP contribution is -2.02. The van der Waals surface area contributed by atoms with E-state index in [-0.39, 0.29) is 5.97 Å². The molecule has 0 aliphatic carbocycles. The van der Waals surface area contributed by atoms with Crippen molar-refractivity contribution in [2.45, 2.75) is 6.54 Å². The van der Waals surface area contributed by atoms with Crippen molar-refractivity contribution >= 4 is 28.2 Å². The highest BCUT2D eigenvalue weighted by molar-refractivity contribution is 7.17. The molecule has 5 nitrogen and oxygen atoms in total. The lowest BCUT2D eigenvalue weighted by molar-refractivity contribution is 0.0606. The number of pyridine rings is 1. The molecule has 1 aromatic carbocycles. The van der Waals surface area contributed by atoms with Crippen molar-refractivity contribution in [3.8, 4) is 10.6 Å². The van der Waals surface area contributed by atoms with Crippen molar-refractivity contribution in [2.75, 3.05) is 7.11 Å². The van der Waals surface area contributed by atoms with Gasteiger partial charge in [0, 0.05) is 11.6 Å². The summed E-state index contributed by atoms with van der Waals surface area (Å²) in [4.78, 5) is 17.7. The van der Waals surface area contributed by atoms with Gasteiger partial charge in [-0.05, 0) is 30.3 Å². The second-order valence-electron chi connectivity index (χ2n) is 5.55. The van der Waals surface area contributed by atoms with Crippen LogP contribution in [0.5, 0.6) is 0 Å². The van der Waals surface area contributed by atoms with E-state index in [0.29, 0.717) is 11.4 Å². The van der Waals surface area contributed by atoms with Crippen molar-refractivity contribution in [1.82, 2.24) is 14.8 Å². The number of nitrogens with zero attached hydrogens (tertiary/aromatic N) is 3. The molecule has 0 atom stereocenters. The minimum atomic E-state index is -0.323. The lowest BCUT2D eigenvalue weighted by Gasteiger charge is -2.03. The highest BCUT2D eigenvalue weighted by Crippen LogP contribution is 2.27. The standard InChI is InChI=1S/C19H15N3O2S/c1-24-19(23)18-9-8-17(25-18)16-10-11-22(21-16)12-14-7-6-13-4-2-3-5-15(13)20-14/h2-11H,12H2,1H3. The van der Waals surface area contributed by atoms with Crippen molar-refractivity contribution in [1.29, 1.82) is 0 Å². The Labute approximate surface area is 148 Å². The summed E-state index contributed by atoms with van der Waals surface area (Å²) in [6.45, 7) is 0.597. The largest absolute Gasteiger partial charge is 0.465 e. The Hall–Kier alpha value is -2.99. The van der Waals surface area contributed by atoms with E-state index in [1.165, 1.54) is 18.4 Å². The van der Waals surface area contributed by atoms with Crippen molar-refractivity contribution in [2.24, 2.45) is 0 Å². The number of carbonyl (C=O) groups excluding carboxylic acids is 1. The summed E-state index contributed by atoms with van der Waals surface area (Å²) >= 11 is 1.37. The van der Waals surface area contributed by atoms with Gasteiger partial charge in [-0.15, -0.1) is 11.3 Å². The molecular formula is C19H15N3O2S. The van der Waals surface area contributed by atoms with Crippen molar-refractivity contribution < 1.29 is 9.53 Å². The van der Waals surface area contributed by atoms with Gasteiger partial charge in [-0.2, -0.15) is 5.10 Å². The molecule has 0 spiro atoms. The highest BCUT2D eigenvalue weighted by atomic mass is 32.1. The smallest absolute Gasteiger partial charge is 0.348 e. The van der Waals surface area contributed by atoms with Crippen LogP contribution < -0.4 is 0 Å². The first kappa shape index (κ1) is 15.5.